The van der Waals surface area contributed by atoms with Gasteiger partial charge in [0.15, 0.2) is 0 Å². The van der Waals surface area contributed by atoms with Gasteiger partial charge in [0.25, 0.3) is 0 Å². The van der Waals surface area contributed by atoms with E-state index >= 15 is 0 Å². The summed E-state index contributed by atoms with van der Waals surface area (Å²) in [6.45, 7) is 6.17. The predicted octanol–water partition coefficient (Wildman–Crippen LogP) is 3.26. The van der Waals surface area contributed by atoms with E-state index in [9.17, 15) is 18.0 Å². The first kappa shape index (κ1) is 15.3. The molecule has 2 rings (SSSR count). The van der Waals surface area contributed by atoms with Crippen molar-refractivity contribution in [1.82, 2.24) is 4.90 Å². The first-order valence-corrected chi connectivity index (χ1v) is 6.70. The highest BCUT2D eigenvalue weighted by Crippen LogP contribution is 2.40. The molecule has 0 aromatic heterocycles. The van der Waals surface area contributed by atoms with Gasteiger partial charge >= 0.3 is 0 Å². The van der Waals surface area contributed by atoms with Crippen LogP contribution in [-0.2, 0) is 4.79 Å². The number of rotatable bonds is 1. The van der Waals surface area contributed by atoms with Gasteiger partial charge in [-0.25, -0.2) is 13.2 Å². The minimum absolute atomic E-state index is 0.0715. The molecule has 1 aliphatic carbocycles. The van der Waals surface area contributed by atoms with E-state index in [0.717, 1.165) is 0 Å². The lowest BCUT2D eigenvalue weighted by Crippen LogP contribution is -2.34. The maximum atomic E-state index is 13.2. The molecule has 1 unspecified atom stereocenters. The summed E-state index contributed by atoms with van der Waals surface area (Å²) in [6, 6.07) is 0. The molecule has 0 spiro atoms. The fourth-order valence-corrected chi connectivity index (χ4v) is 2.53. The van der Waals surface area contributed by atoms with Crippen LogP contribution in [0.2, 0.25) is 0 Å². The Labute approximate surface area is 107 Å². The molecule has 1 heterocycles. The smallest absolute Gasteiger partial charge is 0.248 e. The molecule has 106 valence electrons. The number of hydrogen-bond donors (Lipinski definition) is 0. The van der Waals surface area contributed by atoms with Crippen molar-refractivity contribution >= 4 is 5.91 Å². The Bertz CT molecular complexity index is 282. The zero-order chi connectivity index (χ0) is 13.9. The molecule has 2 nitrogen and oxygen atoms in total. The predicted molar refractivity (Wildman–Crippen MR) is 64.3 cm³/mol. The molecule has 2 aliphatic rings. The van der Waals surface area contributed by atoms with E-state index in [4.69, 9.17) is 0 Å². The molecule has 3 atom stereocenters. The minimum Gasteiger partial charge on any atom is -0.339 e. The van der Waals surface area contributed by atoms with Gasteiger partial charge in [0, 0.05) is 31.2 Å². The highest BCUT2D eigenvalue weighted by Gasteiger charge is 2.45. The topological polar surface area (TPSA) is 20.3 Å². The van der Waals surface area contributed by atoms with Crippen molar-refractivity contribution in [2.45, 2.75) is 52.1 Å². The van der Waals surface area contributed by atoms with Gasteiger partial charge in [-0.05, 0) is 6.42 Å². The second-order valence-corrected chi connectivity index (χ2v) is 5.03. The van der Waals surface area contributed by atoms with Crippen LogP contribution in [-0.4, -0.2) is 36.0 Å². The van der Waals surface area contributed by atoms with Gasteiger partial charge in [-0.2, -0.15) is 0 Å². The number of amides is 1. The lowest BCUT2D eigenvalue weighted by atomic mass is 10.1. The summed E-state index contributed by atoms with van der Waals surface area (Å²) in [6.07, 6.45) is -1.36. The van der Waals surface area contributed by atoms with E-state index in [-0.39, 0.29) is 37.6 Å². The van der Waals surface area contributed by atoms with Crippen molar-refractivity contribution in [2.75, 3.05) is 13.1 Å². The number of alkyl halides is 3. The van der Waals surface area contributed by atoms with E-state index in [1.807, 2.05) is 13.8 Å². The largest absolute Gasteiger partial charge is 0.339 e. The van der Waals surface area contributed by atoms with Crippen LogP contribution in [0.5, 0.6) is 0 Å². The van der Waals surface area contributed by atoms with E-state index in [1.165, 1.54) is 4.90 Å². The van der Waals surface area contributed by atoms with Gasteiger partial charge in [0.2, 0.25) is 11.8 Å². The van der Waals surface area contributed by atoms with Crippen molar-refractivity contribution < 1.29 is 18.0 Å². The molecule has 1 saturated carbocycles. The molecule has 1 saturated heterocycles. The number of halogens is 3. The average molecular weight is 265 g/mol. The first-order valence-electron chi connectivity index (χ1n) is 6.70. The van der Waals surface area contributed by atoms with Gasteiger partial charge in [-0.1, -0.05) is 20.8 Å². The standard InChI is InChI=1S/C11H16F3NO.C2H6/c1-7-5-15(6-9(7)12)10(16)8-2-3-11(13,14)4-8;1-2/h7-9H,2-6H2,1H3;1-2H3/t7-,8?,9+;/m1./s1. The van der Waals surface area contributed by atoms with Gasteiger partial charge in [-0.15, -0.1) is 0 Å². The van der Waals surface area contributed by atoms with Crippen LogP contribution in [0.1, 0.15) is 40.0 Å². The van der Waals surface area contributed by atoms with E-state index in [0.29, 0.717) is 6.54 Å². The third-order valence-electron chi connectivity index (χ3n) is 3.59. The highest BCUT2D eigenvalue weighted by atomic mass is 19.3. The third kappa shape index (κ3) is 3.39. The highest BCUT2D eigenvalue weighted by molar-refractivity contribution is 5.79. The monoisotopic (exact) mass is 265 g/mol. The lowest BCUT2D eigenvalue weighted by molar-refractivity contribution is -0.135. The molecule has 5 heteroatoms. The van der Waals surface area contributed by atoms with Crippen LogP contribution >= 0.6 is 0 Å². The van der Waals surface area contributed by atoms with E-state index in [1.54, 1.807) is 6.92 Å². The fourth-order valence-electron chi connectivity index (χ4n) is 2.53. The Morgan fingerprint density at radius 1 is 1.28 bits per heavy atom. The number of carbonyl (C=O) groups is 1. The van der Waals surface area contributed by atoms with Crippen LogP contribution in [0.25, 0.3) is 0 Å². The summed E-state index contributed by atoms with van der Waals surface area (Å²) in [5, 5.41) is 0. The molecule has 0 aromatic rings. The van der Waals surface area contributed by atoms with Crippen LogP contribution in [0.4, 0.5) is 13.2 Å². The molecule has 1 aliphatic heterocycles. The third-order valence-corrected chi connectivity index (χ3v) is 3.59. The lowest BCUT2D eigenvalue weighted by Gasteiger charge is -2.19. The second kappa shape index (κ2) is 5.93. The Kier molecular flexibility index (Phi) is 5.05. The molecule has 0 N–H and O–H groups in total. The Balaban J connectivity index is 0.000000771. The number of hydrogen-bond acceptors (Lipinski definition) is 1. The number of nitrogens with zero attached hydrogens (tertiary/aromatic N) is 1. The summed E-state index contributed by atoms with van der Waals surface area (Å²) >= 11 is 0. The summed E-state index contributed by atoms with van der Waals surface area (Å²) in [4.78, 5) is 13.3. The van der Waals surface area contributed by atoms with E-state index in [2.05, 4.69) is 0 Å². The van der Waals surface area contributed by atoms with Crippen LogP contribution < -0.4 is 0 Å². The SMILES string of the molecule is CC.C[C@@H]1CN(C(=O)C2CCC(F)(F)C2)C[C@@H]1F. The molecule has 18 heavy (non-hydrogen) atoms. The zero-order valence-corrected chi connectivity index (χ0v) is 11.3. The van der Waals surface area contributed by atoms with Crippen molar-refractivity contribution in [3.8, 4) is 0 Å². The van der Waals surface area contributed by atoms with Crippen LogP contribution in [0, 0.1) is 11.8 Å². The van der Waals surface area contributed by atoms with Crippen molar-refractivity contribution in [3.63, 3.8) is 0 Å². The van der Waals surface area contributed by atoms with Crippen LogP contribution in [0.3, 0.4) is 0 Å². The van der Waals surface area contributed by atoms with Crippen LogP contribution in [0.15, 0.2) is 0 Å². The molecular weight excluding hydrogens is 243 g/mol. The number of carbonyl (C=O) groups excluding carboxylic acids is 1. The maximum Gasteiger partial charge on any atom is 0.248 e. The molecule has 1 amide bonds. The molecule has 0 radical (unpaired) electrons. The van der Waals surface area contributed by atoms with Crippen molar-refractivity contribution in [2.24, 2.45) is 11.8 Å². The molecular formula is C13H22F3NO. The molecule has 0 aromatic carbocycles. The maximum absolute atomic E-state index is 13.2. The van der Waals surface area contributed by atoms with E-state index < -0.39 is 18.0 Å². The molecule has 2 fully saturated rings. The van der Waals surface area contributed by atoms with Gasteiger partial charge in [-0.3, -0.25) is 4.79 Å². The minimum atomic E-state index is -2.71. The normalized spacial score (nSPS) is 34.1. The average Bonchev–Trinajstić information content (AvgIpc) is 2.85. The van der Waals surface area contributed by atoms with Crippen molar-refractivity contribution in [3.05, 3.63) is 0 Å². The fraction of sp³-hybridized carbons (Fsp3) is 0.923. The summed E-state index contributed by atoms with van der Waals surface area (Å²) in [7, 11) is 0. The second-order valence-electron chi connectivity index (χ2n) is 5.03. The Morgan fingerprint density at radius 3 is 2.28 bits per heavy atom. The van der Waals surface area contributed by atoms with Gasteiger partial charge < -0.3 is 4.90 Å². The summed E-state index contributed by atoms with van der Waals surface area (Å²) in [5.74, 6) is -3.77. The summed E-state index contributed by atoms with van der Waals surface area (Å²) < 4.78 is 39.1. The zero-order valence-electron chi connectivity index (χ0n) is 11.3. The Hall–Kier alpha value is -0.740. The van der Waals surface area contributed by atoms with Gasteiger partial charge in [0.1, 0.15) is 6.17 Å². The quantitative estimate of drug-likeness (QED) is 0.712. The molecule has 0 bridgehead atoms. The number of likely N-dealkylation sites (tertiary alicyclic amines) is 1. The Morgan fingerprint density at radius 2 is 1.89 bits per heavy atom. The first-order chi connectivity index (χ1) is 8.39. The van der Waals surface area contributed by atoms with Gasteiger partial charge in [0.05, 0.1) is 6.54 Å². The van der Waals surface area contributed by atoms with Crippen molar-refractivity contribution in [1.29, 1.82) is 0 Å². The summed E-state index contributed by atoms with van der Waals surface area (Å²) in [5.41, 5.74) is 0.